The van der Waals surface area contributed by atoms with Crippen molar-refractivity contribution >= 4 is 23.2 Å². The van der Waals surface area contributed by atoms with Crippen LogP contribution in [0.5, 0.6) is 0 Å². The Labute approximate surface area is 119 Å². The molecule has 1 amide bonds. The summed E-state index contributed by atoms with van der Waals surface area (Å²) in [5, 5.41) is 12.1. The van der Waals surface area contributed by atoms with Crippen LogP contribution in [0.4, 0.5) is 0 Å². The molecule has 110 valence electrons. The second-order valence-electron chi connectivity index (χ2n) is 4.34. The van der Waals surface area contributed by atoms with Crippen molar-refractivity contribution in [2.24, 2.45) is 0 Å². The third-order valence-corrected chi connectivity index (χ3v) is 4.05. The summed E-state index contributed by atoms with van der Waals surface area (Å²) in [6.07, 6.45) is 2.33. The summed E-state index contributed by atoms with van der Waals surface area (Å²) < 4.78 is 10.2. The molecule has 20 heavy (non-hydrogen) atoms. The molecule has 0 radical (unpaired) electrons. The van der Waals surface area contributed by atoms with Crippen LogP contribution in [0.1, 0.15) is 33.6 Å². The molecule has 1 aliphatic rings. The highest BCUT2D eigenvalue weighted by Crippen LogP contribution is 2.31. The molecule has 2 rings (SSSR count). The van der Waals surface area contributed by atoms with Crippen LogP contribution >= 0.6 is 11.3 Å². The van der Waals surface area contributed by atoms with Gasteiger partial charge in [-0.05, 0) is 12.8 Å². The number of methoxy groups -OCH3 is 1. The van der Waals surface area contributed by atoms with Crippen molar-refractivity contribution in [3.05, 3.63) is 16.1 Å². The van der Waals surface area contributed by atoms with E-state index in [2.05, 4.69) is 10.3 Å². The van der Waals surface area contributed by atoms with Gasteiger partial charge in [-0.2, -0.15) is 0 Å². The van der Waals surface area contributed by atoms with Gasteiger partial charge in [0.25, 0.3) is 5.91 Å². The van der Waals surface area contributed by atoms with Gasteiger partial charge in [0.15, 0.2) is 6.10 Å². The number of rotatable bonds is 6. The fourth-order valence-corrected chi connectivity index (χ4v) is 2.78. The average molecular weight is 300 g/mol. The molecule has 0 aliphatic carbocycles. The molecule has 1 aliphatic heterocycles. The predicted octanol–water partition coefficient (Wildman–Crippen LogP) is 0.824. The molecule has 1 aromatic rings. The third kappa shape index (κ3) is 3.53. The molecular weight excluding hydrogens is 284 g/mol. The molecule has 0 spiro atoms. The van der Waals surface area contributed by atoms with Crippen molar-refractivity contribution in [3.63, 3.8) is 0 Å². The molecule has 2 heterocycles. The highest BCUT2D eigenvalue weighted by molar-refractivity contribution is 7.13. The molecule has 7 nitrogen and oxygen atoms in total. The van der Waals surface area contributed by atoms with Crippen molar-refractivity contribution in [3.8, 4) is 0 Å². The first-order valence-electron chi connectivity index (χ1n) is 6.23. The van der Waals surface area contributed by atoms with Gasteiger partial charge >= 0.3 is 5.97 Å². The van der Waals surface area contributed by atoms with Crippen LogP contribution in [-0.4, -0.2) is 48.3 Å². The topological polar surface area (TPSA) is 97.8 Å². The molecule has 0 saturated carbocycles. The number of nitrogens with zero attached hydrogens (tertiary/aromatic N) is 1. The fraction of sp³-hybridized carbons (Fsp3) is 0.583. The maximum Gasteiger partial charge on any atom is 0.334 e. The Morgan fingerprint density at radius 2 is 2.50 bits per heavy atom. The van der Waals surface area contributed by atoms with Crippen LogP contribution in [-0.2, 0) is 14.3 Å². The van der Waals surface area contributed by atoms with Gasteiger partial charge in [0.2, 0.25) is 0 Å². The van der Waals surface area contributed by atoms with Crippen LogP contribution in [0.3, 0.4) is 0 Å². The zero-order valence-electron chi connectivity index (χ0n) is 11.0. The van der Waals surface area contributed by atoms with Gasteiger partial charge in [-0.3, -0.25) is 4.79 Å². The number of aliphatic carboxylic acids is 1. The van der Waals surface area contributed by atoms with E-state index in [1.165, 1.54) is 24.6 Å². The van der Waals surface area contributed by atoms with Gasteiger partial charge < -0.3 is 19.9 Å². The van der Waals surface area contributed by atoms with Crippen molar-refractivity contribution < 1.29 is 24.2 Å². The summed E-state index contributed by atoms with van der Waals surface area (Å²) >= 11 is 1.27. The Kier molecular flexibility index (Phi) is 5.05. The predicted molar refractivity (Wildman–Crippen MR) is 70.8 cm³/mol. The number of carbonyl (C=O) groups is 2. The van der Waals surface area contributed by atoms with Gasteiger partial charge in [0.1, 0.15) is 16.0 Å². The zero-order valence-corrected chi connectivity index (χ0v) is 11.8. The first-order valence-corrected chi connectivity index (χ1v) is 7.04. The third-order valence-electron chi connectivity index (χ3n) is 2.96. The van der Waals surface area contributed by atoms with E-state index in [1.807, 2.05) is 0 Å². The molecule has 1 aromatic heterocycles. The number of nitrogens with one attached hydrogen (secondary N) is 1. The van der Waals surface area contributed by atoms with Crippen LogP contribution in [0.2, 0.25) is 0 Å². The summed E-state index contributed by atoms with van der Waals surface area (Å²) in [6.45, 7) is 0.637. The van der Waals surface area contributed by atoms with Crippen molar-refractivity contribution in [1.29, 1.82) is 0 Å². The highest BCUT2D eigenvalue weighted by atomic mass is 32.1. The number of carboxylic acids is 1. The minimum Gasteiger partial charge on any atom is -0.479 e. The van der Waals surface area contributed by atoms with Crippen molar-refractivity contribution in [2.75, 3.05) is 20.3 Å². The Bertz CT molecular complexity index is 484. The SMILES string of the molecule is COC(CNC(=O)c1cnc(C2CCCO2)s1)C(=O)O. The maximum atomic E-state index is 11.9. The summed E-state index contributed by atoms with van der Waals surface area (Å²) in [5.74, 6) is -1.47. The van der Waals surface area contributed by atoms with Crippen molar-refractivity contribution in [2.45, 2.75) is 25.0 Å². The minimum atomic E-state index is -1.11. The number of hydrogen-bond acceptors (Lipinski definition) is 6. The lowest BCUT2D eigenvalue weighted by Crippen LogP contribution is -2.37. The molecule has 1 saturated heterocycles. The van der Waals surface area contributed by atoms with E-state index in [4.69, 9.17) is 14.6 Å². The highest BCUT2D eigenvalue weighted by Gasteiger charge is 2.23. The van der Waals surface area contributed by atoms with Crippen LogP contribution in [0.25, 0.3) is 0 Å². The summed E-state index contributed by atoms with van der Waals surface area (Å²) in [4.78, 5) is 27.3. The van der Waals surface area contributed by atoms with Gasteiger partial charge in [0.05, 0.1) is 12.7 Å². The number of carbonyl (C=O) groups excluding carboxylic acids is 1. The number of aromatic nitrogens is 1. The van der Waals surface area contributed by atoms with Gasteiger partial charge in [-0.25, -0.2) is 9.78 Å². The second-order valence-corrected chi connectivity index (χ2v) is 5.40. The lowest BCUT2D eigenvalue weighted by Gasteiger charge is -2.10. The number of thiazole rings is 1. The standard InChI is InChI=1S/C12H16N2O5S/c1-18-8(12(16)17)5-13-10(15)9-6-14-11(20-9)7-3-2-4-19-7/h6-8H,2-5H2,1H3,(H,13,15)(H,16,17). The first kappa shape index (κ1) is 14.9. The Balaban J connectivity index is 1.90. The number of carboxylic acid groups (broad SMARTS) is 1. The fourth-order valence-electron chi connectivity index (χ4n) is 1.86. The molecule has 2 atom stereocenters. The summed E-state index contributed by atoms with van der Waals surface area (Å²) in [5.41, 5.74) is 0. The van der Waals surface area contributed by atoms with Gasteiger partial charge in [-0.1, -0.05) is 0 Å². The monoisotopic (exact) mass is 300 g/mol. The number of amides is 1. The van der Waals surface area contributed by atoms with E-state index >= 15 is 0 Å². The smallest absolute Gasteiger partial charge is 0.334 e. The Morgan fingerprint density at radius 1 is 1.70 bits per heavy atom. The first-order chi connectivity index (χ1) is 9.61. The molecule has 0 aromatic carbocycles. The molecule has 2 unspecified atom stereocenters. The van der Waals surface area contributed by atoms with Crippen LogP contribution < -0.4 is 5.32 Å². The molecular formula is C12H16N2O5S. The van der Waals surface area contributed by atoms with Gasteiger partial charge in [0, 0.05) is 13.7 Å². The van der Waals surface area contributed by atoms with E-state index < -0.39 is 12.1 Å². The summed E-state index contributed by atoms with van der Waals surface area (Å²) in [7, 11) is 1.28. The molecule has 0 bridgehead atoms. The van der Waals surface area contributed by atoms with E-state index in [9.17, 15) is 9.59 Å². The second kappa shape index (κ2) is 6.78. The largest absolute Gasteiger partial charge is 0.479 e. The molecule has 1 fully saturated rings. The van der Waals surface area contributed by atoms with Crippen molar-refractivity contribution in [1.82, 2.24) is 10.3 Å². The van der Waals surface area contributed by atoms with Crippen LogP contribution in [0, 0.1) is 0 Å². The van der Waals surface area contributed by atoms with Crippen LogP contribution in [0.15, 0.2) is 6.20 Å². The molecule has 2 N–H and O–H groups in total. The summed E-state index contributed by atoms with van der Waals surface area (Å²) in [6, 6.07) is 0. The lowest BCUT2D eigenvalue weighted by atomic mass is 10.2. The van der Waals surface area contributed by atoms with E-state index in [1.54, 1.807) is 0 Å². The quantitative estimate of drug-likeness (QED) is 0.807. The normalized spacial score (nSPS) is 19.8. The van der Waals surface area contributed by atoms with E-state index in [0.29, 0.717) is 4.88 Å². The minimum absolute atomic E-state index is 0.0210. The molecule has 8 heteroatoms. The van der Waals surface area contributed by atoms with Gasteiger partial charge in [-0.15, -0.1) is 11.3 Å². The lowest BCUT2D eigenvalue weighted by molar-refractivity contribution is -0.148. The number of hydrogen-bond donors (Lipinski definition) is 2. The number of ether oxygens (including phenoxy) is 2. The maximum absolute atomic E-state index is 11.9. The average Bonchev–Trinajstić information content (AvgIpc) is 3.09. The van der Waals surface area contributed by atoms with E-state index in [0.717, 1.165) is 24.5 Å². The Morgan fingerprint density at radius 3 is 3.10 bits per heavy atom. The van der Waals surface area contributed by atoms with E-state index in [-0.39, 0.29) is 18.6 Å². The Hall–Kier alpha value is -1.51. The zero-order chi connectivity index (χ0) is 14.5.